The lowest BCUT2D eigenvalue weighted by molar-refractivity contribution is -0.332. The van der Waals surface area contributed by atoms with Gasteiger partial charge in [0.25, 0.3) is 0 Å². The van der Waals surface area contributed by atoms with Crippen molar-refractivity contribution in [1.29, 1.82) is 0 Å². The number of hydrogen-bond acceptors (Lipinski definition) is 15. The van der Waals surface area contributed by atoms with E-state index in [4.69, 9.17) is 28.4 Å². The molecule has 66 heavy (non-hydrogen) atoms. The van der Waals surface area contributed by atoms with Gasteiger partial charge in [-0.1, -0.05) is 167 Å². The lowest BCUT2D eigenvalue weighted by Crippen LogP contribution is -2.61. The maximum atomic E-state index is 13.0. The molecule has 2 heterocycles. The highest BCUT2D eigenvalue weighted by molar-refractivity contribution is 5.70. The third-order valence-corrected chi connectivity index (χ3v) is 12.7. The van der Waals surface area contributed by atoms with E-state index >= 15 is 0 Å². The Morgan fingerprint density at radius 2 is 0.864 bits per heavy atom. The standard InChI is InChI=1S/C51H94O15/c1-3-5-7-9-11-12-13-14-15-16-17-18-19-20-21-22-23-24-25-26-28-30-32-34-43(54)64-39(36-61-42(53)33-31-29-27-10-8-6-4-2)37-62-50-49(60)47(58)45(56)41(66-50)38-63-51-48(59)46(57)44(55)40(35-52)65-51/h16-17,39-41,44-52,55-60H,3-15,18-38H2,1-2H3/b17-16-. The van der Waals surface area contributed by atoms with Gasteiger partial charge in [0, 0.05) is 12.8 Å². The SMILES string of the molecule is CCCCCCCCCC/C=C\CCCCCCCCCCCCCC(=O)OC(COC(=O)CCCCCCCCC)COC1OC(COC2OC(CO)C(O)C(O)C2O)C(O)C(O)C1O. The van der Waals surface area contributed by atoms with E-state index in [9.17, 15) is 45.3 Å². The average molecular weight is 947 g/mol. The van der Waals surface area contributed by atoms with Crippen molar-refractivity contribution >= 4 is 11.9 Å². The van der Waals surface area contributed by atoms with Crippen LogP contribution >= 0.6 is 0 Å². The first kappa shape index (κ1) is 60.4. The number of aliphatic hydroxyl groups is 7. The van der Waals surface area contributed by atoms with Crippen LogP contribution in [0, 0.1) is 0 Å². The molecule has 0 aliphatic carbocycles. The summed E-state index contributed by atoms with van der Waals surface area (Å²) in [6, 6.07) is 0. The molecule has 0 amide bonds. The Hall–Kier alpha value is -1.76. The van der Waals surface area contributed by atoms with Crippen LogP contribution in [0.4, 0.5) is 0 Å². The first-order valence-electron chi connectivity index (χ1n) is 26.3. The Bertz CT molecular complexity index is 1210. The molecule has 2 aliphatic heterocycles. The zero-order valence-corrected chi connectivity index (χ0v) is 40.9. The van der Waals surface area contributed by atoms with Gasteiger partial charge in [0.1, 0.15) is 55.4 Å². The predicted molar refractivity (Wildman–Crippen MR) is 252 cm³/mol. The van der Waals surface area contributed by atoms with Gasteiger partial charge >= 0.3 is 11.9 Å². The third-order valence-electron chi connectivity index (χ3n) is 12.7. The van der Waals surface area contributed by atoms with Gasteiger partial charge in [0.05, 0.1) is 19.8 Å². The Morgan fingerprint density at radius 3 is 1.33 bits per heavy atom. The van der Waals surface area contributed by atoms with Crippen LogP contribution in [0.15, 0.2) is 12.2 Å². The van der Waals surface area contributed by atoms with Crippen LogP contribution in [0.3, 0.4) is 0 Å². The van der Waals surface area contributed by atoms with Gasteiger partial charge in [-0.15, -0.1) is 0 Å². The molecule has 11 unspecified atom stereocenters. The largest absolute Gasteiger partial charge is 0.462 e. The summed E-state index contributed by atoms with van der Waals surface area (Å²) in [7, 11) is 0. The summed E-state index contributed by atoms with van der Waals surface area (Å²) in [6.07, 6.45) is 21.4. The predicted octanol–water partition coefficient (Wildman–Crippen LogP) is 7.38. The Labute approximate surface area is 397 Å². The number of esters is 2. The van der Waals surface area contributed by atoms with E-state index in [1.807, 2.05) is 0 Å². The van der Waals surface area contributed by atoms with Gasteiger partial charge in [-0.2, -0.15) is 0 Å². The summed E-state index contributed by atoms with van der Waals surface area (Å²) in [4.78, 5) is 25.6. The van der Waals surface area contributed by atoms with Crippen LogP contribution < -0.4 is 0 Å². The maximum Gasteiger partial charge on any atom is 0.306 e. The molecule has 2 rings (SSSR count). The zero-order chi connectivity index (χ0) is 48.2. The number of allylic oxidation sites excluding steroid dienone is 2. The van der Waals surface area contributed by atoms with E-state index in [-0.39, 0.29) is 26.1 Å². The summed E-state index contributed by atoms with van der Waals surface area (Å²) in [5, 5.41) is 71.9. The van der Waals surface area contributed by atoms with Gasteiger partial charge in [-0.05, 0) is 38.5 Å². The van der Waals surface area contributed by atoms with Crippen molar-refractivity contribution in [2.45, 2.75) is 274 Å². The second-order valence-electron chi connectivity index (χ2n) is 18.7. The van der Waals surface area contributed by atoms with E-state index in [1.165, 1.54) is 122 Å². The first-order valence-corrected chi connectivity index (χ1v) is 26.3. The number of carbonyl (C=O) groups is 2. The number of aliphatic hydroxyl groups excluding tert-OH is 7. The smallest absolute Gasteiger partial charge is 0.306 e. The molecular weight excluding hydrogens is 853 g/mol. The van der Waals surface area contributed by atoms with Crippen molar-refractivity contribution in [3.05, 3.63) is 12.2 Å². The molecule has 15 nitrogen and oxygen atoms in total. The van der Waals surface area contributed by atoms with Gasteiger partial charge in [-0.25, -0.2) is 0 Å². The van der Waals surface area contributed by atoms with Crippen LogP contribution in [0.1, 0.15) is 206 Å². The molecule has 2 saturated heterocycles. The van der Waals surface area contributed by atoms with E-state index in [0.29, 0.717) is 12.8 Å². The van der Waals surface area contributed by atoms with E-state index in [2.05, 4.69) is 26.0 Å². The van der Waals surface area contributed by atoms with Crippen LogP contribution in [0.5, 0.6) is 0 Å². The topological polar surface area (TPSA) is 231 Å². The molecule has 0 bridgehead atoms. The summed E-state index contributed by atoms with van der Waals surface area (Å²) >= 11 is 0. The molecule has 15 heteroatoms. The van der Waals surface area contributed by atoms with E-state index < -0.39 is 92.7 Å². The first-order chi connectivity index (χ1) is 32.0. The number of unbranched alkanes of at least 4 members (excludes halogenated alkanes) is 25. The Kier molecular flexibility index (Phi) is 35.7. The summed E-state index contributed by atoms with van der Waals surface area (Å²) in [6.45, 7) is 2.55. The number of ether oxygens (including phenoxy) is 6. The lowest BCUT2D eigenvalue weighted by atomic mass is 9.98. The number of hydrogen-bond donors (Lipinski definition) is 7. The molecule has 11 atom stereocenters. The molecule has 0 radical (unpaired) electrons. The average Bonchev–Trinajstić information content (AvgIpc) is 3.31. The third kappa shape index (κ3) is 26.8. The molecule has 0 aromatic carbocycles. The zero-order valence-electron chi connectivity index (χ0n) is 40.9. The molecule has 0 saturated carbocycles. The molecule has 7 N–H and O–H groups in total. The van der Waals surface area contributed by atoms with Crippen LogP contribution in [-0.2, 0) is 38.0 Å². The highest BCUT2D eigenvalue weighted by Crippen LogP contribution is 2.26. The Balaban J connectivity index is 1.71. The fraction of sp³-hybridized carbons (Fsp3) is 0.922. The van der Waals surface area contributed by atoms with E-state index in [0.717, 1.165) is 44.9 Å². The quantitative estimate of drug-likeness (QED) is 0.0180. The van der Waals surface area contributed by atoms with Gasteiger partial charge in [0.15, 0.2) is 18.7 Å². The normalized spacial score (nSPS) is 26.2. The van der Waals surface area contributed by atoms with E-state index in [1.54, 1.807) is 0 Å². The van der Waals surface area contributed by atoms with Crippen LogP contribution in [0.25, 0.3) is 0 Å². The molecular formula is C51H94O15. The molecule has 2 fully saturated rings. The minimum atomic E-state index is -1.76. The minimum Gasteiger partial charge on any atom is -0.462 e. The van der Waals surface area contributed by atoms with Crippen LogP contribution in [-0.4, -0.2) is 142 Å². The van der Waals surface area contributed by atoms with Crippen molar-refractivity contribution in [2.24, 2.45) is 0 Å². The Morgan fingerprint density at radius 1 is 0.470 bits per heavy atom. The van der Waals surface area contributed by atoms with Crippen LogP contribution in [0.2, 0.25) is 0 Å². The van der Waals surface area contributed by atoms with Crippen molar-refractivity contribution in [3.63, 3.8) is 0 Å². The lowest BCUT2D eigenvalue weighted by Gasteiger charge is -2.42. The summed E-state index contributed by atoms with van der Waals surface area (Å²) < 4.78 is 33.5. The summed E-state index contributed by atoms with van der Waals surface area (Å²) in [5.74, 6) is -0.924. The fourth-order valence-corrected chi connectivity index (χ4v) is 8.39. The number of rotatable bonds is 41. The second kappa shape index (κ2) is 39.0. The van der Waals surface area contributed by atoms with Crippen molar-refractivity contribution < 1.29 is 73.8 Å². The van der Waals surface area contributed by atoms with Crippen molar-refractivity contribution in [2.75, 3.05) is 26.4 Å². The fourth-order valence-electron chi connectivity index (χ4n) is 8.39. The van der Waals surface area contributed by atoms with Gasteiger partial charge in [-0.3, -0.25) is 9.59 Å². The maximum absolute atomic E-state index is 13.0. The molecule has 2 aliphatic rings. The monoisotopic (exact) mass is 947 g/mol. The molecule has 0 spiro atoms. The molecule has 0 aromatic heterocycles. The second-order valence-corrected chi connectivity index (χ2v) is 18.7. The highest BCUT2D eigenvalue weighted by Gasteiger charge is 2.47. The van der Waals surface area contributed by atoms with Gasteiger partial charge in [0.2, 0.25) is 0 Å². The van der Waals surface area contributed by atoms with Crippen molar-refractivity contribution in [3.8, 4) is 0 Å². The minimum absolute atomic E-state index is 0.168. The molecule has 0 aromatic rings. The van der Waals surface area contributed by atoms with Gasteiger partial charge < -0.3 is 64.2 Å². The highest BCUT2D eigenvalue weighted by atomic mass is 16.7. The summed E-state index contributed by atoms with van der Waals surface area (Å²) in [5.41, 5.74) is 0. The van der Waals surface area contributed by atoms with Crippen molar-refractivity contribution in [1.82, 2.24) is 0 Å². The molecule has 388 valence electrons. The number of carbonyl (C=O) groups excluding carboxylic acids is 2.